The second kappa shape index (κ2) is 7.80. The van der Waals surface area contributed by atoms with Crippen LogP contribution >= 0.6 is 0 Å². The molecule has 3 fully saturated rings. The molecule has 29 heavy (non-hydrogen) atoms. The van der Waals surface area contributed by atoms with E-state index in [-0.39, 0.29) is 5.41 Å². The standard InChI is InChI=1S/C27H48OSi/c1-25(2,3)24(28-29(6)7)18-20-12-14-22-21-13-11-19-10-8-9-16-26(19,4)23(21)15-17-27(20,22)5/h11,20-24,29H,8-10,12-18H2,1-7H3/t20-,21+,22+,23+,24?,26+,27-/m1/s1. The van der Waals surface area contributed by atoms with E-state index in [1.807, 2.05) is 5.57 Å². The molecule has 7 atom stereocenters. The van der Waals surface area contributed by atoms with E-state index in [9.17, 15) is 0 Å². The first-order valence-corrected chi connectivity index (χ1v) is 15.7. The quantitative estimate of drug-likeness (QED) is 0.336. The van der Waals surface area contributed by atoms with E-state index < -0.39 is 9.04 Å². The fourth-order valence-electron chi connectivity index (χ4n) is 8.39. The molecule has 0 heterocycles. The van der Waals surface area contributed by atoms with Crippen LogP contribution in [0.4, 0.5) is 0 Å². The van der Waals surface area contributed by atoms with Gasteiger partial charge in [0, 0.05) is 6.10 Å². The lowest BCUT2D eigenvalue weighted by atomic mass is 9.47. The summed E-state index contributed by atoms with van der Waals surface area (Å²) in [5, 5.41) is 0. The Morgan fingerprint density at radius 1 is 1.07 bits per heavy atom. The minimum atomic E-state index is -1.01. The Kier molecular flexibility index (Phi) is 5.95. The molecule has 0 aliphatic heterocycles. The van der Waals surface area contributed by atoms with Crippen LogP contribution in [0.25, 0.3) is 0 Å². The Morgan fingerprint density at radius 3 is 2.52 bits per heavy atom. The summed E-state index contributed by atoms with van der Waals surface area (Å²) in [5.74, 6) is 3.76. The largest absolute Gasteiger partial charge is 0.417 e. The van der Waals surface area contributed by atoms with Gasteiger partial charge in [-0.3, -0.25) is 0 Å². The highest BCUT2D eigenvalue weighted by Crippen LogP contribution is 2.67. The van der Waals surface area contributed by atoms with E-state index in [2.05, 4.69) is 53.8 Å². The minimum absolute atomic E-state index is 0.265. The fraction of sp³-hybridized carbons (Fsp3) is 0.926. The molecule has 1 nitrogen and oxygen atoms in total. The number of fused-ring (bicyclic) bond motifs is 5. The lowest BCUT2D eigenvalue weighted by Gasteiger charge is -2.58. The maximum absolute atomic E-state index is 6.62. The molecule has 2 heteroatoms. The molecule has 166 valence electrons. The van der Waals surface area contributed by atoms with Gasteiger partial charge in [0.25, 0.3) is 0 Å². The van der Waals surface area contributed by atoms with Crippen molar-refractivity contribution < 1.29 is 4.43 Å². The Labute approximate surface area is 183 Å². The summed E-state index contributed by atoms with van der Waals surface area (Å²) in [5.41, 5.74) is 3.22. The van der Waals surface area contributed by atoms with Gasteiger partial charge < -0.3 is 4.43 Å². The molecule has 0 bridgehead atoms. The fourth-order valence-corrected chi connectivity index (χ4v) is 9.57. The Hall–Kier alpha value is -0.0831. The van der Waals surface area contributed by atoms with Crippen molar-refractivity contribution in [2.24, 2.45) is 39.9 Å². The smallest absolute Gasteiger partial charge is 0.171 e. The van der Waals surface area contributed by atoms with Gasteiger partial charge in [-0.1, -0.05) is 52.7 Å². The van der Waals surface area contributed by atoms with Crippen LogP contribution in [0.5, 0.6) is 0 Å². The summed E-state index contributed by atoms with van der Waals surface area (Å²) in [4.78, 5) is 0. The third-order valence-corrected chi connectivity index (χ3v) is 11.0. The number of hydrogen-bond acceptors (Lipinski definition) is 1. The summed E-state index contributed by atoms with van der Waals surface area (Å²) < 4.78 is 6.62. The lowest BCUT2D eigenvalue weighted by molar-refractivity contribution is -0.0525. The van der Waals surface area contributed by atoms with Crippen LogP contribution in [0.15, 0.2) is 11.6 Å². The molecule has 0 aromatic carbocycles. The van der Waals surface area contributed by atoms with E-state index in [4.69, 9.17) is 4.43 Å². The van der Waals surface area contributed by atoms with Crippen molar-refractivity contribution in [1.29, 1.82) is 0 Å². The first kappa shape index (κ1) is 22.1. The first-order chi connectivity index (χ1) is 13.6. The summed E-state index contributed by atoms with van der Waals surface area (Å²) in [6.07, 6.45) is 17.5. The molecule has 0 aromatic rings. The highest BCUT2D eigenvalue weighted by Gasteiger charge is 2.58. The van der Waals surface area contributed by atoms with Crippen LogP contribution < -0.4 is 0 Å². The van der Waals surface area contributed by atoms with E-state index in [1.165, 1.54) is 64.2 Å². The SMILES string of the molecule is C[SiH](C)OC(C[C@H]1CC[C@H]2[C@@H]3CC=C4CCCC[C@]4(C)[C@H]3CC[C@]12C)C(C)(C)C. The summed E-state index contributed by atoms with van der Waals surface area (Å²) >= 11 is 0. The molecule has 3 saturated carbocycles. The van der Waals surface area contributed by atoms with Crippen molar-refractivity contribution >= 4 is 9.04 Å². The molecular weight excluding hydrogens is 368 g/mol. The molecule has 1 unspecified atom stereocenters. The van der Waals surface area contributed by atoms with Crippen molar-refractivity contribution in [3.05, 3.63) is 11.6 Å². The Balaban J connectivity index is 1.54. The van der Waals surface area contributed by atoms with Gasteiger partial charge in [-0.15, -0.1) is 0 Å². The van der Waals surface area contributed by atoms with Gasteiger partial charge in [0.15, 0.2) is 9.04 Å². The third kappa shape index (κ3) is 3.84. The molecule has 4 aliphatic carbocycles. The number of allylic oxidation sites excluding steroid dienone is 2. The van der Waals surface area contributed by atoms with E-state index in [1.54, 1.807) is 0 Å². The van der Waals surface area contributed by atoms with E-state index >= 15 is 0 Å². The van der Waals surface area contributed by atoms with Gasteiger partial charge >= 0.3 is 0 Å². The van der Waals surface area contributed by atoms with Crippen LogP contribution in [0.1, 0.15) is 98.8 Å². The molecule has 4 rings (SSSR count). The lowest BCUT2D eigenvalue weighted by Crippen LogP contribution is -2.50. The highest BCUT2D eigenvalue weighted by atomic mass is 28.3. The molecule has 4 aliphatic rings. The predicted octanol–water partition coefficient (Wildman–Crippen LogP) is 7.76. The molecule has 0 amide bonds. The zero-order valence-electron chi connectivity index (χ0n) is 20.5. The number of rotatable bonds is 4. The van der Waals surface area contributed by atoms with Crippen LogP contribution in [0, 0.1) is 39.9 Å². The molecule has 0 spiro atoms. The van der Waals surface area contributed by atoms with Crippen LogP contribution in [0.2, 0.25) is 13.1 Å². The minimum Gasteiger partial charge on any atom is -0.417 e. The second-order valence-corrected chi connectivity index (χ2v) is 15.4. The average Bonchev–Trinajstić information content (AvgIpc) is 2.96. The molecule has 0 saturated heterocycles. The highest BCUT2D eigenvalue weighted by molar-refractivity contribution is 6.48. The van der Waals surface area contributed by atoms with Crippen LogP contribution in [0.3, 0.4) is 0 Å². The third-order valence-electron chi connectivity index (χ3n) is 10.1. The van der Waals surface area contributed by atoms with E-state index in [0.717, 1.165) is 23.7 Å². The van der Waals surface area contributed by atoms with E-state index in [0.29, 0.717) is 16.9 Å². The molecular formula is C27H48OSi. The van der Waals surface area contributed by atoms with Gasteiger partial charge in [-0.05, 0) is 111 Å². The van der Waals surface area contributed by atoms with Gasteiger partial charge in [0.05, 0.1) is 0 Å². The molecule has 0 aromatic heterocycles. The summed E-state index contributed by atoms with van der Waals surface area (Å²) in [6.45, 7) is 17.2. The monoisotopic (exact) mass is 416 g/mol. The zero-order chi connectivity index (χ0) is 21.0. The van der Waals surface area contributed by atoms with Crippen molar-refractivity contribution in [2.75, 3.05) is 0 Å². The van der Waals surface area contributed by atoms with Gasteiger partial charge in [-0.25, -0.2) is 0 Å². The zero-order valence-corrected chi connectivity index (χ0v) is 21.7. The Bertz CT molecular complexity index is 631. The topological polar surface area (TPSA) is 9.23 Å². The summed E-state index contributed by atoms with van der Waals surface area (Å²) in [6, 6.07) is 0. The normalized spacial score (nSPS) is 43.4. The van der Waals surface area contributed by atoms with Gasteiger partial charge in [0.2, 0.25) is 0 Å². The van der Waals surface area contributed by atoms with Crippen molar-refractivity contribution in [3.8, 4) is 0 Å². The maximum atomic E-state index is 6.62. The molecule has 0 N–H and O–H groups in total. The number of hydrogen-bond donors (Lipinski definition) is 0. The van der Waals surface area contributed by atoms with Gasteiger partial charge in [0.1, 0.15) is 0 Å². The average molecular weight is 417 g/mol. The predicted molar refractivity (Wildman–Crippen MR) is 128 cm³/mol. The molecule has 0 radical (unpaired) electrons. The van der Waals surface area contributed by atoms with Crippen molar-refractivity contribution in [3.63, 3.8) is 0 Å². The first-order valence-electron chi connectivity index (χ1n) is 12.9. The Morgan fingerprint density at radius 2 is 1.83 bits per heavy atom. The van der Waals surface area contributed by atoms with Gasteiger partial charge in [-0.2, -0.15) is 0 Å². The second-order valence-electron chi connectivity index (χ2n) is 13.1. The van der Waals surface area contributed by atoms with Crippen molar-refractivity contribution in [1.82, 2.24) is 0 Å². The van der Waals surface area contributed by atoms with Crippen LogP contribution in [-0.4, -0.2) is 15.1 Å². The van der Waals surface area contributed by atoms with Crippen molar-refractivity contribution in [2.45, 2.75) is 118 Å². The summed E-state index contributed by atoms with van der Waals surface area (Å²) in [7, 11) is -1.01. The van der Waals surface area contributed by atoms with Crippen LogP contribution in [-0.2, 0) is 4.43 Å². The maximum Gasteiger partial charge on any atom is 0.171 e.